The maximum absolute atomic E-state index is 14.5. The summed E-state index contributed by atoms with van der Waals surface area (Å²) in [7, 11) is 0. The third-order valence-corrected chi connectivity index (χ3v) is 8.87. The normalized spacial score (nSPS) is 13.3. The van der Waals surface area contributed by atoms with Crippen LogP contribution in [0.15, 0.2) is 162 Å². The summed E-state index contributed by atoms with van der Waals surface area (Å²) >= 11 is 1.70. The molecule has 0 N–H and O–H groups in total. The predicted octanol–water partition coefficient (Wildman–Crippen LogP) is 11.4. The van der Waals surface area contributed by atoms with Gasteiger partial charge < -0.3 is 9.80 Å². The van der Waals surface area contributed by atoms with E-state index in [1.165, 1.54) is 0 Å². The summed E-state index contributed by atoms with van der Waals surface area (Å²) in [4.78, 5) is 20.0. The quantitative estimate of drug-likeness (QED) is 0.177. The van der Waals surface area contributed by atoms with Crippen LogP contribution in [0.25, 0.3) is 16.2 Å². The lowest BCUT2D eigenvalue weighted by molar-refractivity contribution is 1.07. The molecule has 0 radical (unpaired) electrons. The number of para-hydroxylation sites is 4. The average molecular weight is 605 g/mol. The topological polar surface area (TPSA) is 23.6 Å². The fraction of sp³-hybridized carbons (Fsp3) is 0.0976. The van der Waals surface area contributed by atoms with Gasteiger partial charge in [0.15, 0.2) is 5.43 Å². The lowest BCUT2D eigenvalue weighted by Crippen LogP contribution is -2.19. The van der Waals surface area contributed by atoms with Gasteiger partial charge >= 0.3 is 0 Å². The van der Waals surface area contributed by atoms with E-state index in [9.17, 15) is 4.79 Å². The summed E-state index contributed by atoms with van der Waals surface area (Å²) in [5, 5.41) is 0.755. The summed E-state index contributed by atoms with van der Waals surface area (Å²) in [6, 6.07) is 47.6. The van der Waals surface area contributed by atoms with Crippen molar-refractivity contribution < 1.29 is 0 Å². The monoisotopic (exact) mass is 604 g/mol. The van der Waals surface area contributed by atoms with Gasteiger partial charge in [-0.1, -0.05) is 105 Å². The Kier molecular flexibility index (Phi) is 9.33. The number of rotatable bonds is 6. The second-order valence-corrected chi connectivity index (χ2v) is 11.5. The van der Waals surface area contributed by atoms with Crippen LogP contribution in [-0.4, -0.2) is 0 Å². The maximum Gasteiger partial charge on any atom is 0.194 e. The molecule has 5 aromatic carbocycles. The molecule has 0 aliphatic heterocycles. The van der Waals surface area contributed by atoms with Crippen LogP contribution in [0, 0.1) is 0 Å². The van der Waals surface area contributed by atoms with Gasteiger partial charge in [-0.05, 0) is 73.2 Å². The first-order chi connectivity index (χ1) is 22.3. The first kappa shape index (κ1) is 29.9. The molecule has 0 spiro atoms. The minimum absolute atomic E-state index is 0.0873. The van der Waals surface area contributed by atoms with Gasteiger partial charge in [-0.3, -0.25) is 4.79 Å². The number of nitrogens with zero attached hydrogens (tertiary/aromatic N) is 2. The van der Waals surface area contributed by atoms with Gasteiger partial charge in [-0.15, -0.1) is 11.3 Å². The van der Waals surface area contributed by atoms with Crippen molar-refractivity contribution >= 4 is 55.9 Å². The SMILES string of the molecule is CC.O=c1c2c(sc3cccc(N(c4ccccc4)c4ccccc4)c13)/C=C(/N(c1ccccc1)c1ccccc1)CC=CC2. The Morgan fingerprint density at radius 1 is 0.533 bits per heavy atom. The van der Waals surface area contributed by atoms with Gasteiger partial charge in [0.1, 0.15) is 0 Å². The molecule has 0 saturated heterocycles. The number of benzene rings is 5. The number of fused-ring (bicyclic) bond motifs is 2. The minimum atomic E-state index is 0.0873. The fourth-order valence-electron chi connectivity index (χ4n) is 5.76. The van der Waals surface area contributed by atoms with Crippen molar-refractivity contribution in [3.63, 3.8) is 0 Å². The molecule has 1 aromatic heterocycles. The summed E-state index contributed by atoms with van der Waals surface area (Å²) in [6.45, 7) is 4.00. The summed E-state index contributed by atoms with van der Waals surface area (Å²) < 4.78 is 0.976. The van der Waals surface area contributed by atoms with Crippen LogP contribution in [0.2, 0.25) is 0 Å². The number of allylic oxidation sites excluding steroid dienone is 2. The molecule has 1 heterocycles. The standard InChI is InChI=1S/C39H30N2OS.C2H6/c42-39-34-25-14-13-24-33(40(29-16-5-1-6-17-29)30-18-7-2-8-19-30)28-37(34)43-36-27-15-26-35(38(36)39)41(31-20-9-3-10-21-31)32-22-11-4-12-23-32;1-2/h1-23,26-28H,24-25H2;1-2H3/b14-13?,33-28+;. The van der Waals surface area contributed by atoms with Crippen molar-refractivity contribution in [2.45, 2.75) is 26.7 Å². The molecule has 4 heteroatoms. The van der Waals surface area contributed by atoms with E-state index in [0.717, 1.165) is 61.1 Å². The van der Waals surface area contributed by atoms with Crippen molar-refractivity contribution in [3.8, 4) is 0 Å². The Morgan fingerprint density at radius 2 is 1.00 bits per heavy atom. The lowest BCUT2D eigenvalue weighted by atomic mass is 10.0. The first-order valence-corrected chi connectivity index (χ1v) is 16.3. The molecule has 0 saturated carbocycles. The third-order valence-electron chi connectivity index (χ3n) is 7.72. The summed E-state index contributed by atoms with van der Waals surface area (Å²) in [5.41, 5.74) is 7.14. The van der Waals surface area contributed by atoms with Crippen molar-refractivity contribution in [1.82, 2.24) is 0 Å². The minimum Gasteiger partial charge on any atom is -0.314 e. The molecule has 0 amide bonds. The molecule has 0 bridgehead atoms. The van der Waals surface area contributed by atoms with Crippen LogP contribution in [-0.2, 0) is 6.42 Å². The number of hydrogen-bond donors (Lipinski definition) is 0. The maximum atomic E-state index is 14.5. The van der Waals surface area contributed by atoms with Crippen LogP contribution in [0.1, 0.15) is 30.7 Å². The van der Waals surface area contributed by atoms with E-state index >= 15 is 0 Å². The van der Waals surface area contributed by atoms with Crippen molar-refractivity contribution in [2.75, 3.05) is 9.80 Å². The van der Waals surface area contributed by atoms with Crippen LogP contribution >= 0.6 is 11.3 Å². The Balaban J connectivity index is 0.00000175. The zero-order chi connectivity index (χ0) is 31.0. The molecule has 3 nitrogen and oxygen atoms in total. The summed E-state index contributed by atoms with van der Waals surface area (Å²) in [5.74, 6) is 0. The van der Waals surface area contributed by atoms with E-state index in [1.54, 1.807) is 11.3 Å². The molecule has 222 valence electrons. The van der Waals surface area contributed by atoms with E-state index in [-0.39, 0.29) is 5.43 Å². The van der Waals surface area contributed by atoms with Gasteiger partial charge in [0, 0.05) is 50.0 Å². The molecule has 0 unspecified atom stereocenters. The Morgan fingerprint density at radius 3 is 1.51 bits per heavy atom. The van der Waals surface area contributed by atoms with E-state index in [0.29, 0.717) is 6.42 Å². The number of hydrogen-bond acceptors (Lipinski definition) is 4. The van der Waals surface area contributed by atoms with Crippen LogP contribution in [0.5, 0.6) is 0 Å². The molecule has 1 aliphatic carbocycles. The molecule has 6 aromatic rings. The average Bonchev–Trinajstić information content (AvgIpc) is 3.09. The van der Waals surface area contributed by atoms with Crippen LogP contribution in [0.3, 0.4) is 0 Å². The van der Waals surface area contributed by atoms with E-state index in [1.807, 2.05) is 62.4 Å². The number of anilines is 5. The van der Waals surface area contributed by atoms with Gasteiger partial charge in [-0.25, -0.2) is 0 Å². The highest BCUT2D eigenvalue weighted by atomic mass is 32.1. The highest BCUT2D eigenvalue weighted by Crippen LogP contribution is 2.40. The van der Waals surface area contributed by atoms with Crippen molar-refractivity contribution in [1.29, 1.82) is 0 Å². The largest absolute Gasteiger partial charge is 0.314 e. The predicted molar refractivity (Wildman–Crippen MR) is 195 cm³/mol. The lowest BCUT2D eigenvalue weighted by Gasteiger charge is -2.28. The second kappa shape index (κ2) is 14.1. The van der Waals surface area contributed by atoms with E-state index in [4.69, 9.17) is 0 Å². The Labute approximate surface area is 269 Å². The van der Waals surface area contributed by atoms with Crippen molar-refractivity contribution in [2.24, 2.45) is 0 Å². The van der Waals surface area contributed by atoms with Crippen LogP contribution in [0.4, 0.5) is 28.4 Å². The summed E-state index contributed by atoms with van der Waals surface area (Å²) in [6.07, 6.45) is 7.93. The molecule has 0 fully saturated rings. The molecule has 45 heavy (non-hydrogen) atoms. The Bertz CT molecular complexity index is 1900. The van der Waals surface area contributed by atoms with Crippen LogP contribution < -0.4 is 15.2 Å². The molecule has 1 aliphatic rings. The molecule has 0 atom stereocenters. The molecular formula is C41H36N2OS. The van der Waals surface area contributed by atoms with Gasteiger partial charge in [0.05, 0.1) is 11.1 Å². The third kappa shape index (κ3) is 6.24. The van der Waals surface area contributed by atoms with Gasteiger partial charge in [0.25, 0.3) is 0 Å². The van der Waals surface area contributed by atoms with E-state index in [2.05, 4.69) is 119 Å². The zero-order valence-electron chi connectivity index (χ0n) is 25.6. The smallest absolute Gasteiger partial charge is 0.194 e. The second-order valence-electron chi connectivity index (χ2n) is 10.5. The fourth-order valence-corrected chi connectivity index (χ4v) is 6.94. The molecule has 7 rings (SSSR count). The van der Waals surface area contributed by atoms with E-state index < -0.39 is 0 Å². The van der Waals surface area contributed by atoms with Gasteiger partial charge in [-0.2, -0.15) is 0 Å². The molecular weight excluding hydrogens is 569 g/mol. The van der Waals surface area contributed by atoms with Crippen molar-refractivity contribution in [3.05, 3.63) is 178 Å². The Hall–Kier alpha value is -5.19. The zero-order valence-corrected chi connectivity index (χ0v) is 26.5. The highest BCUT2D eigenvalue weighted by molar-refractivity contribution is 7.19. The highest BCUT2D eigenvalue weighted by Gasteiger charge is 2.22. The van der Waals surface area contributed by atoms with Gasteiger partial charge in [0.2, 0.25) is 0 Å². The first-order valence-electron chi connectivity index (χ1n) is 15.5.